The minimum absolute atomic E-state index is 0.129. The molecule has 1 aromatic heterocycles. The molecule has 8 nitrogen and oxygen atoms in total. The fourth-order valence-electron chi connectivity index (χ4n) is 4.03. The van der Waals surface area contributed by atoms with E-state index >= 15 is 0 Å². The Balaban J connectivity index is 2.12. The molecule has 2 aromatic rings. The number of fused-ring (bicyclic) bond motifs is 1. The number of carbonyl (C=O) groups is 1. The number of carbonyl (C=O) groups excluding carboxylic acids is 1. The monoisotopic (exact) mass is 429 g/mol. The quantitative estimate of drug-likeness (QED) is 0.655. The van der Waals surface area contributed by atoms with E-state index in [0.29, 0.717) is 60.1 Å². The van der Waals surface area contributed by atoms with Gasteiger partial charge in [0, 0.05) is 33.3 Å². The normalized spacial score (nSPS) is 13.4. The molecule has 0 saturated heterocycles. The van der Waals surface area contributed by atoms with Crippen LogP contribution in [0.1, 0.15) is 41.4 Å². The first kappa shape index (κ1) is 23.0. The second-order valence-electron chi connectivity index (χ2n) is 7.71. The number of rotatable bonds is 9. The van der Waals surface area contributed by atoms with E-state index in [4.69, 9.17) is 19.2 Å². The maximum Gasteiger partial charge on any atom is 0.277 e. The highest BCUT2D eigenvalue weighted by Gasteiger charge is 2.24. The Morgan fingerprint density at radius 3 is 2.42 bits per heavy atom. The summed E-state index contributed by atoms with van der Waals surface area (Å²) in [4.78, 5) is 30.5. The van der Waals surface area contributed by atoms with Gasteiger partial charge in [-0.1, -0.05) is 6.92 Å². The van der Waals surface area contributed by atoms with E-state index in [1.165, 1.54) is 4.57 Å². The summed E-state index contributed by atoms with van der Waals surface area (Å²) in [6.07, 6.45) is 2.77. The number of Topliss-reactive ketones (excluding diaryl/α,β-unsaturated/α-hetero) is 1. The summed E-state index contributed by atoms with van der Waals surface area (Å²) >= 11 is 0. The lowest BCUT2D eigenvalue weighted by atomic mass is 9.88. The number of hydrogen-bond donors (Lipinski definition) is 1. The van der Waals surface area contributed by atoms with Crippen molar-refractivity contribution in [3.8, 4) is 17.1 Å². The van der Waals surface area contributed by atoms with Crippen LogP contribution in [0, 0.1) is 0 Å². The van der Waals surface area contributed by atoms with E-state index < -0.39 is 0 Å². The van der Waals surface area contributed by atoms with Crippen LogP contribution in [0.2, 0.25) is 0 Å². The number of benzene rings is 1. The number of ketones is 1. The predicted molar refractivity (Wildman–Crippen MR) is 119 cm³/mol. The molecule has 0 spiro atoms. The van der Waals surface area contributed by atoms with Gasteiger partial charge in [0.25, 0.3) is 5.56 Å². The standard InChI is InChI=1S/C23H31N3O5/c1-6-18-21(24-15(12-29-3)13-30-4)23(28)26(2)22(25-18)17-10-14-8-7-9-19(27)16(14)11-20(17)31-5/h10-11,15,24H,6-9,12-13H2,1-5H3. The van der Waals surface area contributed by atoms with Crippen molar-refractivity contribution in [3.63, 3.8) is 0 Å². The number of nitrogens with one attached hydrogen (secondary N) is 1. The topological polar surface area (TPSA) is 91.7 Å². The number of hydrogen-bond acceptors (Lipinski definition) is 7. The fourth-order valence-corrected chi connectivity index (χ4v) is 4.03. The molecule has 1 aromatic carbocycles. The van der Waals surface area contributed by atoms with Crippen molar-refractivity contribution in [2.75, 3.05) is 39.9 Å². The van der Waals surface area contributed by atoms with Crippen molar-refractivity contribution in [1.29, 1.82) is 0 Å². The van der Waals surface area contributed by atoms with E-state index in [0.717, 1.165) is 18.4 Å². The molecule has 31 heavy (non-hydrogen) atoms. The molecule has 1 heterocycles. The van der Waals surface area contributed by atoms with Crippen LogP contribution in [0.3, 0.4) is 0 Å². The van der Waals surface area contributed by atoms with Gasteiger partial charge in [0.1, 0.15) is 17.3 Å². The van der Waals surface area contributed by atoms with Crippen molar-refractivity contribution >= 4 is 11.5 Å². The average Bonchev–Trinajstić information content (AvgIpc) is 2.77. The van der Waals surface area contributed by atoms with Crippen molar-refractivity contribution < 1.29 is 19.0 Å². The second kappa shape index (κ2) is 10.1. The summed E-state index contributed by atoms with van der Waals surface area (Å²) in [7, 11) is 6.48. The number of aromatic nitrogens is 2. The first-order valence-electron chi connectivity index (χ1n) is 10.5. The summed E-state index contributed by atoms with van der Waals surface area (Å²) in [5.41, 5.74) is 3.30. The third kappa shape index (κ3) is 4.65. The van der Waals surface area contributed by atoms with Crippen LogP contribution in [0.5, 0.6) is 5.75 Å². The van der Waals surface area contributed by atoms with Crippen LogP contribution in [0.25, 0.3) is 11.4 Å². The zero-order chi connectivity index (χ0) is 22.5. The van der Waals surface area contributed by atoms with Crippen LogP contribution < -0.4 is 15.6 Å². The molecule has 8 heteroatoms. The first-order chi connectivity index (χ1) is 14.9. The molecular weight excluding hydrogens is 398 g/mol. The number of anilines is 1. The van der Waals surface area contributed by atoms with E-state index in [1.807, 2.05) is 13.0 Å². The SMILES string of the molecule is CCc1nc(-c2cc3c(cc2OC)C(=O)CCC3)n(C)c(=O)c1NC(COC)COC. The summed E-state index contributed by atoms with van der Waals surface area (Å²) in [6, 6.07) is 3.55. The van der Waals surface area contributed by atoms with Crippen molar-refractivity contribution in [3.05, 3.63) is 39.3 Å². The van der Waals surface area contributed by atoms with Gasteiger partial charge in [-0.2, -0.15) is 0 Å². The zero-order valence-electron chi connectivity index (χ0n) is 18.9. The molecule has 0 amide bonds. The zero-order valence-corrected chi connectivity index (χ0v) is 18.9. The molecule has 0 radical (unpaired) electrons. The summed E-state index contributed by atoms with van der Waals surface area (Å²) < 4.78 is 17.6. The molecule has 168 valence electrons. The Hall–Kier alpha value is -2.71. The van der Waals surface area contributed by atoms with Crippen molar-refractivity contribution in [2.45, 2.75) is 38.6 Å². The minimum atomic E-state index is -0.185. The highest BCUT2D eigenvalue weighted by Crippen LogP contribution is 2.35. The van der Waals surface area contributed by atoms with Crippen LogP contribution >= 0.6 is 0 Å². The van der Waals surface area contributed by atoms with Crippen LogP contribution in [-0.2, 0) is 29.4 Å². The Labute approximate surface area is 182 Å². The number of aryl methyl sites for hydroxylation is 2. The van der Waals surface area contributed by atoms with Gasteiger partial charge in [0.05, 0.1) is 37.6 Å². The van der Waals surface area contributed by atoms with Gasteiger partial charge in [0.15, 0.2) is 5.78 Å². The summed E-state index contributed by atoms with van der Waals surface area (Å²) in [5, 5.41) is 3.25. The number of ether oxygens (including phenoxy) is 3. The molecule has 0 fully saturated rings. The molecular formula is C23H31N3O5. The Morgan fingerprint density at radius 2 is 1.81 bits per heavy atom. The van der Waals surface area contributed by atoms with Gasteiger partial charge >= 0.3 is 0 Å². The van der Waals surface area contributed by atoms with Gasteiger partial charge in [-0.3, -0.25) is 14.2 Å². The van der Waals surface area contributed by atoms with E-state index in [2.05, 4.69) is 5.32 Å². The molecule has 0 unspecified atom stereocenters. The predicted octanol–water partition coefficient (Wildman–Crippen LogP) is 2.61. The highest BCUT2D eigenvalue weighted by atomic mass is 16.5. The molecule has 0 aliphatic heterocycles. The molecule has 1 aliphatic carbocycles. The molecule has 3 rings (SSSR count). The minimum Gasteiger partial charge on any atom is -0.496 e. The van der Waals surface area contributed by atoms with Crippen molar-refractivity contribution in [2.24, 2.45) is 7.05 Å². The van der Waals surface area contributed by atoms with Gasteiger partial charge < -0.3 is 19.5 Å². The maximum atomic E-state index is 13.3. The van der Waals surface area contributed by atoms with E-state index in [1.54, 1.807) is 34.4 Å². The van der Waals surface area contributed by atoms with E-state index in [9.17, 15) is 9.59 Å². The van der Waals surface area contributed by atoms with Crippen molar-refractivity contribution in [1.82, 2.24) is 9.55 Å². The number of nitrogens with zero attached hydrogens (tertiary/aromatic N) is 2. The molecule has 0 bridgehead atoms. The average molecular weight is 430 g/mol. The second-order valence-corrected chi connectivity index (χ2v) is 7.71. The number of methoxy groups -OCH3 is 3. The fraction of sp³-hybridized carbons (Fsp3) is 0.522. The lowest BCUT2D eigenvalue weighted by Gasteiger charge is -2.22. The lowest BCUT2D eigenvalue weighted by molar-refractivity contribution is 0.0972. The lowest BCUT2D eigenvalue weighted by Crippen LogP contribution is -2.35. The van der Waals surface area contributed by atoms with E-state index in [-0.39, 0.29) is 17.4 Å². The van der Waals surface area contributed by atoms with Gasteiger partial charge in [-0.05, 0) is 37.0 Å². The Bertz CT molecular complexity index is 1010. The first-order valence-corrected chi connectivity index (χ1v) is 10.5. The third-order valence-electron chi connectivity index (χ3n) is 5.60. The summed E-state index contributed by atoms with van der Waals surface area (Å²) in [5.74, 6) is 1.18. The Morgan fingerprint density at radius 1 is 1.10 bits per heavy atom. The molecule has 1 aliphatic rings. The highest BCUT2D eigenvalue weighted by molar-refractivity contribution is 5.99. The smallest absolute Gasteiger partial charge is 0.277 e. The largest absolute Gasteiger partial charge is 0.496 e. The third-order valence-corrected chi connectivity index (χ3v) is 5.60. The van der Waals surface area contributed by atoms with Gasteiger partial charge in [0.2, 0.25) is 0 Å². The summed E-state index contributed by atoms with van der Waals surface area (Å²) in [6.45, 7) is 2.75. The molecule has 0 saturated carbocycles. The van der Waals surface area contributed by atoms with Crippen LogP contribution in [0.15, 0.2) is 16.9 Å². The molecule has 1 N–H and O–H groups in total. The van der Waals surface area contributed by atoms with Crippen LogP contribution in [0.4, 0.5) is 5.69 Å². The van der Waals surface area contributed by atoms with Gasteiger partial charge in [-0.15, -0.1) is 0 Å². The maximum absolute atomic E-state index is 13.3. The van der Waals surface area contributed by atoms with Crippen LogP contribution in [-0.4, -0.2) is 55.9 Å². The molecule has 0 atom stereocenters. The van der Waals surface area contributed by atoms with Gasteiger partial charge in [-0.25, -0.2) is 4.98 Å². The Kier molecular flexibility index (Phi) is 7.46.